The molecule has 0 aliphatic heterocycles. The van der Waals surface area contributed by atoms with E-state index in [1.54, 1.807) is 36.4 Å². The number of ether oxygens (including phenoxy) is 2. The van der Waals surface area contributed by atoms with E-state index in [0.717, 1.165) is 6.20 Å². The molecule has 4 aromatic rings. The molecule has 0 spiro atoms. The molecular weight excluding hydrogens is 377 g/mol. The van der Waals surface area contributed by atoms with Gasteiger partial charge < -0.3 is 14.5 Å². The second-order valence-electron chi connectivity index (χ2n) is 6.07. The van der Waals surface area contributed by atoms with Gasteiger partial charge in [-0.15, -0.1) is 0 Å². The molecule has 29 heavy (non-hydrogen) atoms. The molecule has 0 unspecified atom stereocenters. The average Bonchev–Trinajstić information content (AvgIpc) is 2.71. The normalized spacial score (nSPS) is 10.7. The van der Waals surface area contributed by atoms with Gasteiger partial charge in [-0.05, 0) is 23.8 Å². The summed E-state index contributed by atoms with van der Waals surface area (Å²) in [5, 5.41) is 0. The van der Waals surface area contributed by atoms with Gasteiger partial charge in [0, 0.05) is 18.3 Å². The zero-order valence-corrected chi connectivity index (χ0v) is 15.0. The molecule has 7 nitrogen and oxygen atoms in total. The molecule has 0 atom stereocenters. The number of pyridine rings is 1. The monoisotopic (exact) mass is 391 g/mol. The van der Waals surface area contributed by atoms with Crippen molar-refractivity contribution in [3.63, 3.8) is 0 Å². The van der Waals surface area contributed by atoms with Gasteiger partial charge in [0.05, 0.1) is 12.6 Å². The topological polar surface area (TPSA) is 94.2 Å². The number of aromatic amines is 1. The van der Waals surface area contributed by atoms with E-state index >= 15 is 0 Å². The molecule has 0 amide bonds. The number of rotatable bonds is 5. The Kier molecular flexibility index (Phi) is 4.98. The Morgan fingerprint density at radius 2 is 1.86 bits per heavy atom. The van der Waals surface area contributed by atoms with Gasteiger partial charge in [-0.1, -0.05) is 24.3 Å². The van der Waals surface area contributed by atoms with Crippen LogP contribution in [0.2, 0.25) is 0 Å². The minimum atomic E-state index is -0.604. The van der Waals surface area contributed by atoms with Gasteiger partial charge in [0.1, 0.15) is 22.8 Å². The number of nitrogens with zero attached hydrogens (tertiary/aromatic N) is 2. The maximum atomic E-state index is 14.5. The lowest BCUT2D eigenvalue weighted by molar-refractivity contribution is -0.133. The quantitative estimate of drug-likeness (QED) is 0.414. The fraction of sp³-hybridized carbons (Fsp3) is 0.0476. The van der Waals surface area contributed by atoms with Crippen molar-refractivity contribution >= 4 is 17.1 Å². The van der Waals surface area contributed by atoms with Gasteiger partial charge in [-0.2, -0.15) is 0 Å². The fourth-order valence-electron chi connectivity index (χ4n) is 2.68. The minimum absolute atomic E-state index is 0.181. The molecule has 2 heterocycles. The number of esters is 1. The van der Waals surface area contributed by atoms with E-state index in [-0.39, 0.29) is 28.9 Å². The lowest BCUT2D eigenvalue weighted by atomic mass is 10.1. The van der Waals surface area contributed by atoms with E-state index in [0.29, 0.717) is 17.0 Å². The number of aromatic nitrogens is 3. The third kappa shape index (κ3) is 4.27. The van der Waals surface area contributed by atoms with Crippen LogP contribution in [0.3, 0.4) is 0 Å². The van der Waals surface area contributed by atoms with Crippen LogP contribution in [0.1, 0.15) is 5.56 Å². The SMILES string of the molecule is O=C(Cc1ccc(Oc2ccnc3[nH]c(=O)cnc23)cc1F)Oc1ccccc1. The first-order chi connectivity index (χ1) is 14.1. The van der Waals surface area contributed by atoms with Crippen molar-refractivity contribution in [3.8, 4) is 17.2 Å². The Hall–Kier alpha value is -4.07. The number of H-pyrrole nitrogens is 1. The van der Waals surface area contributed by atoms with Gasteiger partial charge in [-0.3, -0.25) is 9.59 Å². The van der Waals surface area contributed by atoms with Crippen molar-refractivity contribution in [3.05, 3.63) is 88.7 Å². The van der Waals surface area contributed by atoms with Gasteiger partial charge in [-0.25, -0.2) is 14.4 Å². The van der Waals surface area contributed by atoms with Crippen LogP contribution >= 0.6 is 0 Å². The molecule has 0 aliphatic carbocycles. The summed E-state index contributed by atoms with van der Waals surface area (Å²) in [5.41, 5.74) is 0.388. The van der Waals surface area contributed by atoms with Crippen molar-refractivity contribution in [1.82, 2.24) is 15.0 Å². The maximum absolute atomic E-state index is 14.5. The van der Waals surface area contributed by atoms with Crippen LogP contribution in [0.25, 0.3) is 11.2 Å². The minimum Gasteiger partial charge on any atom is -0.455 e. The van der Waals surface area contributed by atoms with Crippen molar-refractivity contribution in [2.45, 2.75) is 6.42 Å². The summed E-state index contributed by atoms with van der Waals surface area (Å²) in [6, 6.07) is 14.3. The van der Waals surface area contributed by atoms with Crippen LogP contribution < -0.4 is 15.0 Å². The average molecular weight is 391 g/mol. The number of fused-ring (bicyclic) bond motifs is 1. The Morgan fingerprint density at radius 1 is 1.03 bits per heavy atom. The van der Waals surface area contributed by atoms with Crippen molar-refractivity contribution in [2.75, 3.05) is 0 Å². The number of carbonyl (C=O) groups excluding carboxylic acids is 1. The van der Waals surface area contributed by atoms with E-state index < -0.39 is 11.8 Å². The predicted molar refractivity (Wildman–Crippen MR) is 102 cm³/mol. The molecular formula is C21H14FN3O4. The molecule has 8 heteroatoms. The Balaban J connectivity index is 1.50. The van der Waals surface area contributed by atoms with Gasteiger partial charge in [0.2, 0.25) is 0 Å². The summed E-state index contributed by atoms with van der Waals surface area (Å²) in [7, 11) is 0. The van der Waals surface area contributed by atoms with Crippen molar-refractivity contribution in [2.24, 2.45) is 0 Å². The molecule has 0 radical (unpaired) electrons. The number of hydrogen-bond donors (Lipinski definition) is 1. The smallest absolute Gasteiger partial charge is 0.315 e. The molecule has 144 valence electrons. The summed E-state index contributed by atoms with van der Waals surface area (Å²) in [5.74, 6) is -0.262. The molecule has 0 fully saturated rings. The molecule has 1 N–H and O–H groups in total. The number of halogens is 1. The number of hydrogen-bond acceptors (Lipinski definition) is 6. The maximum Gasteiger partial charge on any atom is 0.315 e. The summed E-state index contributed by atoms with van der Waals surface area (Å²) in [4.78, 5) is 33.9. The highest BCUT2D eigenvalue weighted by molar-refractivity contribution is 5.77. The summed E-state index contributed by atoms with van der Waals surface area (Å²) < 4.78 is 25.3. The second kappa shape index (κ2) is 7.89. The highest BCUT2D eigenvalue weighted by Gasteiger charge is 2.13. The highest BCUT2D eigenvalue weighted by atomic mass is 19.1. The third-order valence-electron chi connectivity index (χ3n) is 4.00. The molecule has 2 aromatic heterocycles. The molecule has 0 bridgehead atoms. The molecule has 0 saturated heterocycles. The molecule has 4 rings (SSSR count). The summed E-state index contributed by atoms with van der Waals surface area (Å²) >= 11 is 0. The number of carbonyl (C=O) groups is 1. The van der Waals surface area contributed by atoms with Crippen LogP contribution in [0.15, 0.2) is 71.8 Å². The van der Waals surface area contributed by atoms with Gasteiger partial charge in [0.25, 0.3) is 5.56 Å². The first-order valence-corrected chi connectivity index (χ1v) is 8.64. The van der Waals surface area contributed by atoms with E-state index in [4.69, 9.17) is 9.47 Å². The number of benzene rings is 2. The lowest BCUT2D eigenvalue weighted by Crippen LogP contribution is -2.12. The highest BCUT2D eigenvalue weighted by Crippen LogP contribution is 2.27. The second-order valence-corrected chi connectivity index (χ2v) is 6.07. The van der Waals surface area contributed by atoms with Crippen LogP contribution in [-0.4, -0.2) is 20.9 Å². The van der Waals surface area contributed by atoms with Crippen LogP contribution in [-0.2, 0) is 11.2 Å². The third-order valence-corrected chi connectivity index (χ3v) is 4.00. The summed E-state index contributed by atoms with van der Waals surface area (Å²) in [6.07, 6.45) is 2.33. The van der Waals surface area contributed by atoms with Crippen LogP contribution in [0.5, 0.6) is 17.2 Å². The molecule has 0 saturated carbocycles. The number of para-hydroxylation sites is 1. The predicted octanol–water partition coefficient (Wildman–Crippen LogP) is 3.40. The molecule has 0 aliphatic rings. The summed E-state index contributed by atoms with van der Waals surface area (Å²) in [6.45, 7) is 0. The van der Waals surface area contributed by atoms with E-state index in [1.807, 2.05) is 0 Å². The Morgan fingerprint density at radius 3 is 2.66 bits per heavy atom. The Labute approximate surface area is 163 Å². The Bertz CT molecular complexity index is 1240. The van der Waals surface area contributed by atoms with Gasteiger partial charge in [0.15, 0.2) is 11.4 Å². The van der Waals surface area contributed by atoms with Crippen molar-refractivity contribution < 1.29 is 18.7 Å². The van der Waals surface area contributed by atoms with Crippen LogP contribution in [0.4, 0.5) is 4.39 Å². The largest absolute Gasteiger partial charge is 0.455 e. The standard InChI is InChI=1S/C21H14FN3O4/c22-16-11-15(28-17-8-9-23-21-20(17)24-12-18(26)25-21)7-6-13(16)10-19(27)29-14-4-2-1-3-5-14/h1-9,11-12H,10H2,(H,23,25,26). The molecule has 2 aromatic carbocycles. The first kappa shape index (κ1) is 18.3. The fourth-order valence-corrected chi connectivity index (χ4v) is 2.68. The lowest BCUT2D eigenvalue weighted by Gasteiger charge is -2.09. The van der Waals surface area contributed by atoms with Crippen molar-refractivity contribution in [1.29, 1.82) is 0 Å². The number of nitrogens with one attached hydrogen (secondary N) is 1. The zero-order chi connectivity index (χ0) is 20.2. The van der Waals surface area contributed by atoms with E-state index in [2.05, 4.69) is 15.0 Å². The van der Waals surface area contributed by atoms with E-state index in [9.17, 15) is 14.0 Å². The zero-order valence-electron chi connectivity index (χ0n) is 15.0. The van der Waals surface area contributed by atoms with Crippen LogP contribution in [0, 0.1) is 5.82 Å². The first-order valence-electron chi connectivity index (χ1n) is 8.64. The van der Waals surface area contributed by atoms with E-state index in [1.165, 1.54) is 24.4 Å². The van der Waals surface area contributed by atoms with Gasteiger partial charge >= 0.3 is 5.97 Å².